The summed E-state index contributed by atoms with van der Waals surface area (Å²) in [6.45, 7) is 4.46. The molecule has 0 spiro atoms. The van der Waals surface area contributed by atoms with Crippen LogP contribution in [0.1, 0.15) is 35.9 Å². The van der Waals surface area contributed by atoms with Crippen molar-refractivity contribution in [1.29, 1.82) is 0 Å². The Morgan fingerprint density at radius 1 is 1.57 bits per heavy atom. The molecule has 2 rings (SSSR count). The van der Waals surface area contributed by atoms with Crippen LogP contribution in [0.2, 0.25) is 0 Å². The number of carboxylic acids is 1. The van der Waals surface area contributed by atoms with Gasteiger partial charge in [0.25, 0.3) is 0 Å². The Hall–Kier alpha value is -1.45. The lowest BCUT2D eigenvalue weighted by molar-refractivity contribution is 0.0265. The second-order valence-electron chi connectivity index (χ2n) is 4.91. The van der Waals surface area contributed by atoms with E-state index in [-0.39, 0.29) is 23.2 Å². The Bertz CT molecular complexity index is 623. The number of hydrogen-bond acceptors (Lipinski definition) is 5. The molecule has 118 valence electrons. The number of rotatable bonds is 5. The average molecular weight is 317 g/mol. The van der Waals surface area contributed by atoms with Crippen LogP contribution in [0.4, 0.5) is 0 Å². The Morgan fingerprint density at radius 3 is 2.90 bits per heavy atom. The van der Waals surface area contributed by atoms with Gasteiger partial charge in [-0.15, -0.1) is 0 Å². The number of piperidine rings is 1. The molecule has 2 heterocycles. The van der Waals surface area contributed by atoms with E-state index in [1.165, 1.54) is 11.2 Å². The van der Waals surface area contributed by atoms with E-state index in [0.717, 1.165) is 6.42 Å². The molecule has 0 saturated carbocycles. The highest BCUT2D eigenvalue weighted by Gasteiger charge is 2.36. The van der Waals surface area contributed by atoms with E-state index in [0.29, 0.717) is 19.6 Å². The van der Waals surface area contributed by atoms with Gasteiger partial charge in [-0.3, -0.25) is 5.10 Å². The fraction of sp³-hybridized carbons (Fsp3) is 0.667. The fourth-order valence-electron chi connectivity index (χ4n) is 2.50. The van der Waals surface area contributed by atoms with Gasteiger partial charge in [0, 0.05) is 19.7 Å². The number of sulfonamides is 1. The first-order valence-corrected chi connectivity index (χ1v) is 8.22. The Balaban J connectivity index is 2.34. The van der Waals surface area contributed by atoms with Crippen LogP contribution < -0.4 is 0 Å². The van der Waals surface area contributed by atoms with Crippen molar-refractivity contribution >= 4 is 16.0 Å². The molecule has 1 saturated heterocycles. The van der Waals surface area contributed by atoms with Crippen molar-refractivity contribution in [1.82, 2.24) is 14.5 Å². The van der Waals surface area contributed by atoms with Crippen LogP contribution in [0.15, 0.2) is 4.90 Å². The van der Waals surface area contributed by atoms with E-state index in [4.69, 9.17) is 9.84 Å². The molecule has 9 heteroatoms. The van der Waals surface area contributed by atoms with Crippen LogP contribution >= 0.6 is 0 Å². The van der Waals surface area contributed by atoms with Gasteiger partial charge in [0.2, 0.25) is 10.0 Å². The summed E-state index contributed by atoms with van der Waals surface area (Å²) in [6, 6.07) is 0. The summed E-state index contributed by atoms with van der Waals surface area (Å²) in [5.41, 5.74) is -0.239. The number of carboxylic acid groups (broad SMARTS) is 1. The van der Waals surface area contributed by atoms with Gasteiger partial charge in [-0.1, -0.05) is 0 Å². The summed E-state index contributed by atoms with van der Waals surface area (Å²) in [6.07, 6.45) is 1.33. The van der Waals surface area contributed by atoms with E-state index >= 15 is 0 Å². The minimum absolute atomic E-state index is 0.154. The lowest BCUT2D eigenvalue weighted by Gasteiger charge is -2.31. The molecule has 0 aromatic carbocycles. The second kappa shape index (κ2) is 6.12. The molecule has 1 aromatic rings. The third-order valence-electron chi connectivity index (χ3n) is 3.43. The lowest BCUT2D eigenvalue weighted by atomic mass is 10.1. The molecule has 1 aliphatic rings. The van der Waals surface area contributed by atoms with E-state index in [1.54, 1.807) is 0 Å². The maximum absolute atomic E-state index is 12.7. The third-order valence-corrected chi connectivity index (χ3v) is 5.46. The number of H-pyrrole nitrogens is 1. The first kappa shape index (κ1) is 15.9. The van der Waals surface area contributed by atoms with Gasteiger partial charge in [-0.25, -0.2) is 13.2 Å². The monoisotopic (exact) mass is 317 g/mol. The quantitative estimate of drug-likeness (QED) is 0.822. The fourth-order valence-corrected chi connectivity index (χ4v) is 4.30. The first-order chi connectivity index (χ1) is 9.87. The van der Waals surface area contributed by atoms with Gasteiger partial charge >= 0.3 is 5.97 Å². The Labute approximate surface area is 123 Å². The van der Waals surface area contributed by atoms with Gasteiger partial charge in [0.15, 0.2) is 5.69 Å². The highest BCUT2D eigenvalue weighted by atomic mass is 32.2. The van der Waals surface area contributed by atoms with Crippen LogP contribution in [0.5, 0.6) is 0 Å². The maximum Gasteiger partial charge on any atom is 0.357 e. The standard InChI is InChI=1S/C12H19N3O5S/c1-3-20-9-5-4-6-15(7-9)21(18,19)11-8(2)13-14-10(11)12(16)17/h9H,3-7H2,1-2H3,(H,13,14)(H,16,17). The van der Waals surface area contributed by atoms with Crippen molar-refractivity contribution in [3.8, 4) is 0 Å². The number of aryl methyl sites for hydroxylation is 1. The average Bonchev–Trinajstić information content (AvgIpc) is 2.82. The SMILES string of the molecule is CCOC1CCCN(S(=O)(=O)c2c(C(=O)O)n[nH]c2C)C1. The summed E-state index contributed by atoms with van der Waals surface area (Å²) >= 11 is 0. The number of hydrogen-bond donors (Lipinski definition) is 2. The molecule has 1 aliphatic heterocycles. The van der Waals surface area contributed by atoms with Crippen LogP contribution in [0.3, 0.4) is 0 Å². The normalized spacial score (nSPS) is 20.6. The number of nitrogens with zero attached hydrogens (tertiary/aromatic N) is 2. The molecule has 0 aliphatic carbocycles. The molecule has 1 unspecified atom stereocenters. The molecule has 0 radical (unpaired) electrons. The number of ether oxygens (including phenoxy) is 1. The second-order valence-corrected chi connectivity index (χ2v) is 6.79. The Kier molecular flexibility index (Phi) is 4.64. The van der Waals surface area contributed by atoms with Crippen LogP contribution in [-0.4, -0.2) is 59.8 Å². The molecule has 1 fully saturated rings. The predicted molar refractivity (Wildman–Crippen MR) is 73.7 cm³/mol. The van der Waals surface area contributed by atoms with Gasteiger partial charge in [0.1, 0.15) is 4.90 Å². The Morgan fingerprint density at radius 2 is 2.29 bits per heavy atom. The van der Waals surface area contributed by atoms with E-state index in [9.17, 15) is 13.2 Å². The van der Waals surface area contributed by atoms with Crippen LogP contribution in [0.25, 0.3) is 0 Å². The predicted octanol–water partition coefficient (Wildman–Crippen LogP) is 0.606. The number of aromatic nitrogens is 2. The zero-order valence-corrected chi connectivity index (χ0v) is 12.8. The van der Waals surface area contributed by atoms with Crippen molar-refractivity contribution in [2.45, 2.75) is 37.7 Å². The van der Waals surface area contributed by atoms with Gasteiger partial charge < -0.3 is 9.84 Å². The largest absolute Gasteiger partial charge is 0.476 e. The minimum atomic E-state index is -3.90. The molecule has 0 amide bonds. The maximum atomic E-state index is 12.7. The van der Waals surface area contributed by atoms with Crippen LogP contribution in [-0.2, 0) is 14.8 Å². The molecular weight excluding hydrogens is 298 g/mol. The van der Waals surface area contributed by atoms with Gasteiger partial charge in [0.05, 0.1) is 11.8 Å². The minimum Gasteiger partial charge on any atom is -0.476 e. The summed E-state index contributed by atoms with van der Waals surface area (Å²) < 4.78 is 32.1. The van der Waals surface area contributed by atoms with E-state index in [2.05, 4.69) is 10.2 Å². The summed E-state index contributed by atoms with van der Waals surface area (Å²) in [5.74, 6) is -1.36. The molecule has 8 nitrogen and oxygen atoms in total. The number of aromatic carboxylic acids is 1. The van der Waals surface area contributed by atoms with Crippen molar-refractivity contribution in [2.75, 3.05) is 19.7 Å². The first-order valence-electron chi connectivity index (χ1n) is 6.78. The van der Waals surface area contributed by atoms with Crippen molar-refractivity contribution < 1.29 is 23.1 Å². The van der Waals surface area contributed by atoms with E-state index in [1.807, 2.05) is 6.92 Å². The van der Waals surface area contributed by atoms with E-state index < -0.39 is 21.7 Å². The smallest absolute Gasteiger partial charge is 0.357 e. The molecule has 2 N–H and O–H groups in total. The molecule has 1 aromatic heterocycles. The molecule has 0 bridgehead atoms. The number of nitrogens with one attached hydrogen (secondary N) is 1. The molecule has 21 heavy (non-hydrogen) atoms. The summed E-state index contributed by atoms with van der Waals surface area (Å²) in [7, 11) is -3.90. The lowest BCUT2D eigenvalue weighted by Crippen LogP contribution is -2.43. The topological polar surface area (TPSA) is 113 Å². The summed E-state index contributed by atoms with van der Waals surface area (Å²) in [5, 5.41) is 15.1. The molecule has 1 atom stereocenters. The van der Waals surface area contributed by atoms with Crippen molar-refractivity contribution in [3.63, 3.8) is 0 Å². The summed E-state index contributed by atoms with van der Waals surface area (Å²) in [4.78, 5) is 10.9. The number of carbonyl (C=O) groups is 1. The van der Waals surface area contributed by atoms with Crippen molar-refractivity contribution in [2.24, 2.45) is 0 Å². The van der Waals surface area contributed by atoms with Crippen molar-refractivity contribution in [3.05, 3.63) is 11.4 Å². The highest BCUT2D eigenvalue weighted by Crippen LogP contribution is 2.26. The van der Waals surface area contributed by atoms with Gasteiger partial charge in [-0.2, -0.15) is 9.40 Å². The molecular formula is C12H19N3O5S. The zero-order chi connectivity index (χ0) is 15.6. The number of aromatic amines is 1. The third kappa shape index (κ3) is 3.09. The van der Waals surface area contributed by atoms with Crippen LogP contribution in [0, 0.1) is 6.92 Å². The highest BCUT2D eigenvalue weighted by molar-refractivity contribution is 7.89. The van der Waals surface area contributed by atoms with Gasteiger partial charge in [-0.05, 0) is 26.7 Å². The zero-order valence-electron chi connectivity index (χ0n) is 12.0.